The molecule has 1 rings (SSSR count). The van der Waals surface area contributed by atoms with Crippen LogP contribution in [0.4, 0.5) is 0 Å². The fourth-order valence-corrected chi connectivity index (χ4v) is 1.77. The monoisotopic (exact) mass is 237 g/mol. The van der Waals surface area contributed by atoms with Gasteiger partial charge < -0.3 is 15.2 Å². The molecule has 2 N–H and O–H groups in total. The third-order valence-corrected chi connectivity index (χ3v) is 2.73. The molecule has 1 aromatic rings. The first kappa shape index (κ1) is 14.0. The molecule has 96 valence electrons. The highest BCUT2D eigenvalue weighted by Gasteiger charge is 2.10. The first-order valence-corrected chi connectivity index (χ1v) is 6.08. The highest BCUT2D eigenvalue weighted by Crippen LogP contribution is 2.22. The molecule has 0 aromatic heterocycles. The van der Waals surface area contributed by atoms with Gasteiger partial charge in [0.1, 0.15) is 5.75 Å². The average Bonchev–Trinajstić information content (AvgIpc) is 2.28. The van der Waals surface area contributed by atoms with Gasteiger partial charge in [-0.2, -0.15) is 0 Å². The van der Waals surface area contributed by atoms with Gasteiger partial charge in [-0.25, -0.2) is 0 Å². The Morgan fingerprint density at radius 3 is 2.53 bits per heavy atom. The summed E-state index contributed by atoms with van der Waals surface area (Å²) in [6, 6.07) is 5.75. The van der Waals surface area contributed by atoms with Crippen LogP contribution in [0.15, 0.2) is 18.2 Å². The maximum absolute atomic E-state index is 10.1. The van der Waals surface area contributed by atoms with Gasteiger partial charge in [0, 0.05) is 6.54 Å². The lowest BCUT2D eigenvalue weighted by molar-refractivity contribution is 0.172. The van der Waals surface area contributed by atoms with E-state index in [0.29, 0.717) is 12.5 Å². The molecule has 0 aliphatic heterocycles. The topological polar surface area (TPSA) is 41.5 Å². The summed E-state index contributed by atoms with van der Waals surface area (Å²) in [4.78, 5) is 0. The number of hydrogen-bond acceptors (Lipinski definition) is 3. The molecule has 0 heterocycles. The van der Waals surface area contributed by atoms with E-state index in [0.717, 1.165) is 23.4 Å². The predicted molar refractivity (Wildman–Crippen MR) is 70.4 cm³/mol. The van der Waals surface area contributed by atoms with Crippen molar-refractivity contribution in [2.24, 2.45) is 5.92 Å². The number of methoxy groups -OCH3 is 1. The van der Waals surface area contributed by atoms with Crippen molar-refractivity contribution in [3.8, 4) is 5.75 Å². The van der Waals surface area contributed by atoms with Crippen LogP contribution in [-0.2, 0) is 0 Å². The van der Waals surface area contributed by atoms with Crippen molar-refractivity contribution in [3.05, 3.63) is 29.3 Å². The van der Waals surface area contributed by atoms with Gasteiger partial charge in [0.05, 0.1) is 13.2 Å². The Morgan fingerprint density at radius 2 is 2.00 bits per heavy atom. The van der Waals surface area contributed by atoms with E-state index in [9.17, 15) is 5.11 Å². The van der Waals surface area contributed by atoms with Crippen LogP contribution >= 0.6 is 0 Å². The molecule has 0 radical (unpaired) electrons. The summed E-state index contributed by atoms with van der Waals surface area (Å²) in [5.74, 6) is 1.42. The fraction of sp³-hybridized carbons (Fsp3) is 0.571. The van der Waals surface area contributed by atoms with E-state index in [1.54, 1.807) is 7.11 Å². The van der Waals surface area contributed by atoms with Gasteiger partial charge in [0.25, 0.3) is 0 Å². The van der Waals surface area contributed by atoms with E-state index in [2.05, 4.69) is 19.2 Å². The molecule has 0 spiro atoms. The molecule has 0 aliphatic carbocycles. The van der Waals surface area contributed by atoms with Crippen molar-refractivity contribution in [2.45, 2.75) is 26.9 Å². The quantitative estimate of drug-likeness (QED) is 0.797. The Labute approximate surface area is 104 Å². The normalized spacial score (nSPS) is 12.8. The Balaban J connectivity index is 2.59. The minimum absolute atomic E-state index is 0.459. The second kappa shape index (κ2) is 6.62. The summed E-state index contributed by atoms with van der Waals surface area (Å²) >= 11 is 0. The van der Waals surface area contributed by atoms with Crippen molar-refractivity contribution in [2.75, 3.05) is 20.2 Å². The summed E-state index contributed by atoms with van der Waals surface area (Å²) in [6.45, 7) is 7.80. The van der Waals surface area contributed by atoms with Crippen LogP contribution in [0.2, 0.25) is 0 Å². The van der Waals surface area contributed by atoms with Crippen LogP contribution < -0.4 is 10.1 Å². The maximum Gasteiger partial charge on any atom is 0.119 e. The molecule has 0 saturated heterocycles. The van der Waals surface area contributed by atoms with Crippen LogP contribution in [0.5, 0.6) is 5.75 Å². The molecule has 0 fully saturated rings. The summed E-state index contributed by atoms with van der Waals surface area (Å²) in [7, 11) is 1.65. The highest BCUT2D eigenvalue weighted by atomic mass is 16.5. The van der Waals surface area contributed by atoms with Gasteiger partial charge in [-0.15, -0.1) is 0 Å². The molecular weight excluding hydrogens is 214 g/mol. The van der Waals surface area contributed by atoms with Gasteiger partial charge in [-0.3, -0.25) is 0 Å². The fourth-order valence-electron chi connectivity index (χ4n) is 1.77. The molecule has 3 nitrogen and oxygen atoms in total. The molecule has 0 bridgehead atoms. The van der Waals surface area contributed by atoms with Crippen LogP contribution in [0, 0.1) is 12.8 Å². The number of nitrogens with one attached hydrogen (secondary N) is 1. The molecule has 1 atom stereocenters. The standard InChI is InChI=1S/C14H23NO2/c1-10(2)8-15-9-14(16)13-6-5-12(17-4)7-11(13)3/h5-7,10,14-16H,8-9H2,1-4H3. The highest BCUT2D eigenvalue weighted by molar-refractivity contribution is 5.36. The average molecular weight is 237 g/mol. The van der Waals surface area contributed by atoms with Crippen molar-refractivity contribution in [1.29, 1.82) is 0 Å². The van der Waals surface area contributed by atoms with Crippen molar-refractivity contribution in [1.82, 2.24) is 5.32 Å². The Hall–Kier alpha value is -1.06. The molecule has 0 saturated carbocycles. The van der Waals surface area contributed by atoms with E-state index in [4.69, 9.17) is 4.74 Å². The third kappa shape index (κ3) is 4.36. The van der Waals surface area contributed by atoms with Gasteiger partial charge in [0.2, 0.25) is 0 Å². The minimum Gasteiger partial charge on any atom is -0.497 e. The molecule has 1 aromatic carbocycles. The number of hydrogen-bond donors (Lipinski definition) is 2. The van der Waals surface area contributed by atoms with E-state index in [1.165, 1.54) is 0 Å². The van der Waals surface area contributed by atoms with Gasteiger partial charge in [0.15, 0.2) is 0 Å². The lowest BCUT2D eigenvalue weighted by atomic mass is 10.0. The Kier molecular flexibility index (Phi) is 5.45. The van der Waals surface area contributed by atoms with E-state index >= 15 is 0 Å². The minimum atomic E-state index is -0.459. The van der Waals surface area contributed by atoms with Gasteiger partial charge >= 0.3 is 0 Å². The van der Waals surface area contributed by atoms with Crippen LogP contribution in [0.25, 0.3) is 0 Å². The SMILES string of the molecule is COc1ccc(C(O)CNCC(C)C)c(C)c1. The van der Waals surface area contributed by atoms with E-state index in [-0.39, 0.29) is 0 Å². The molecule has 17 heavy (non-hydrogen) atoms. The zero-order valence-corrected chi connectivity index (χ0v) is 11.2. The second-order valence-corrected chi connectivity index (χ2v) is 4.79. The maximum atomic E-state index is 10.1. The Morgan fingerprint density at radius 1 is 1.29 bits per heavy atom. The first-order valence-electron chi connectivity index (χ1n) is 6.08. The zero-order valence-electron chi connectivity index (χ0n) is 11.2. The molecule has 0 amide bonds. The van der Waals surface area contributed by atoms with E-state index in [1.807, 2.05) is 25.1 Å². The first-order chi connectivity index (χ1) is 8.04. The van der Waals surface area contributed by atoms with E-state index < -0.39 is 6.10 Å². The summed E-state index contributed by atoms with van der Waals surface area (Å²) in [6.07, 6.45) is -0.459. The molecule has 0 aliphatic rings. The number of rotatable bonds is 6. The lowest BCUT2D eigenvalue weighted by Crippen LogP contribution is -2.25. The van der Waals surface area contributed by atoms with Crippen LogP contribution in [0.1, 0.15) is 31.1 Å². The number of ether oxygens (including phenoxy) is 1. The predicted octanol–water partition coefficient (Wildman–Crippen LogP) is 2.28. The Bertz CT molecular complexity index is 350. The smallest absolute Gasteiger partial charge is 0.119 e. The largest absolute Gasteiger partial charge is 0.497 e. The van der Waals surface area contributed by atoms with Gasteiger partial charge in [-0.05, 0) is 42.6 Å². The number of benzene rings is 1. The molecular formula is C14H23NO2. The number of aryl methyl sites for hydroxylation is 1. The van der Waals surface area contributed by atoms with Crippen LogP contribution in [-0.4, -0.2) is 25.3 Å². The number of aliphatic hydroxyl groups excluding tert-OH is 1. The lowest BCUT2D eigenvalue weighted by Gasteiger charge is -2.16. The second-order valence-electron chi connectivity index (χ2n) is 4.79. The van der Waals surface area contributed by atoms with Crippen molar-refractivity contribution in [3.63, 3.8) is 0 Å². The van der Waals surface area contributed by atoms with Crippen molar-refractivity contribution >= 4 is 0 Å². The zero-order chi connectivity index (χ0) is 12.8. The third-order valence-electron chi connectivity index (χ3n) is 2.73. The van der Waals surface area contributed by atoms with Crippen molar-refractivity contribution < 1.29 is 9.84 Å². The molecule has 1 unspecified atom stereocenters. The van der Waals surface area contributed by atoms with Crippen LogP contribution in [0.3, 0.4) is 0 Å². The summed E-state index contributed by atoms with van der Waals surface area (Å²) in [5.41, 5.74) is 2.02. The molecule has 3 heteroatoms. The van der Waals surface area contributed by atoms with Gasteiger partial charge in [-0.1, -0.05) is 19.9 Å². The summed E-state index contributed by atoms with van der Waals surface area (Å²) in [5, 5.41) is 13.3. The summed E-state index contributed by atoms with van der Waals surface area (Å²) < 4.78 is 5.15. The number of aliphatic hydroxyl groups is 1.